The maximum Gasteiger partial charge on any atom is 0.335 e. The second-order valence-electron chi connectivity index (χ2n) is 3.25. The maximum absolute atomic E-state index is 10.7. The number of carboxylic acids is 1. The summed E-state index contributed by atoms with van der Waals surface area (Å²) in [6.07, 6.45) is 3.57. The number of nitrogens with one attached hydrogen (secondary N) is 1. The summed E-state index contributed by atoms with van der Waals surface area (Å²) in [5.74, 6) is -0.935. The lowest BCUT2D eigenvalue weighted by atomic mass is 10.3. The first kappa shape index (κ1) is 9.67. The Balaban J connectivity index is 2.47. The van der Waals surface area contributed by atoms with Crippen molar-refractivity contribution in [2.24, 2.45) is 0 Å². The predicted octanol–water partition coefficient (Wildman–Crippen LogP) is 0.752. The number of imidazole rings is 1. The van der Waals surface area contributed by atoms with E-state index in [1.807, 2.05) is 13.2 Å². The molecule has 5 nitrogen and oxygen atoms in total. The third-order valence-corrected chi connectivity index (χ3v) is 2.11. The lowest BCUT2D eigenvalue weighted by Gasteiger charge is -1.94. The Morgan fingerprint density at radius 2 is 2.47 bits per heavy atom. The van der Waals surface area contributed by atoms with Gasteiger partial charge in [0.15, 0.2) is 0 Å². The van der Waals surface area contributed by atoms with Gasteiger partial charge < -0.3 is 14.8 Å². The molecular formula is C10H11N3O2. The van der Waals surface area contributed by atoms with E-state index in [2.05, 4.69) is 10.3 Å². The number of pyridine rings is 1. The zero-order valence-corrected chi connectivity index (χ0v) is 8.27. The lowest BCUT2D eigenvalue weighted by molar-refractivity contribution is 0.0697. The highest BCUT2D eigenvalue weighted by atomic mass is 16.4. The van der Waals surface area contributed by atoms with Crippen LogP contribution in [0.25, 0.3) is 5.65 Å². The molecule has 2 rings (SSSR count). The van der Waals surface area contributed by atoms with Gasteiger partial charge in [0.05, 0.1) is 11.3 Å². The Morgan fingerprint density at radius 3 is 3.13 bits per heavy atom. The van der Waals surface area contributed by atoms with Crippen LogP contribution in [0.5, 0.6) is 0 Å². The van der Waals surface area contributed by atoms with Crippen LogP contribution in [-0.2, 0) is 6.54 Å². The molecule has 5 heteroatoms. The molecule has 15 heavy (non-hydrogen) atoms. The van der Waals surface area contributed by atoms with Gasteiger partial charge in [0, 0.05) is 18.9 Å². The molecule has 0 saturated carbocycles. The summed E-state index contributed by atoms with van der Waals surface area (Å²) in [6, 6.07) is 3.11. The molecule has 0 bridgehead atoms. The van der Waals surface area contributed by atoms with Crippen LogP contribution in [0.4, 0.5) is 0 Å². The molecule has 0 saturated heterocycles. The maximum atomic E-state index is 10.7. The van der Waals surface area contributed by atoms with E-state index >= 15 is 0 Å². The van der Waals surface area contributed by atoms with Gasteiger partial charge in [-0.25, -0.2) is 9.78 Å². The third-order valence-electron chi connectivity index (χ3n) is 2.11. The standard InChI is InChI=1S/C10H11N3O2/c1-11-5-8-6-13-3-2-7(10(14)15)4-9(13)12-8/h2-4,6,11H,5H2,1H3,(H,14,15). The van der Waals surface area contributed by atoms with Crippen LogP contribution in [0.1, 0.15) is 16.1 Å². The van der Waals surface area contributed by atoms with E-state index in [9.17, 15) is 4.79 Å². The van der Waals surface area contributed by atoms with Crippen molar-refractivity contribution in [2.45, 2.75) is 6.54 Å². The first-order valence-corrected chi connectivity index (χ1v) is 4.56. The fourth-order valence-corrected chi connectivity index (χ4v) is 1.43. The zero-order chi connectivity index (χ0) is 10.8. The van der Waals surface area contributed by atoms with Gasteiger partial charge in [-0.1, -0.05) is 0 Å². The van der Waals surface area contributed by atoms with Crippen molar-refractivity contribution in [1.82, 2.24) is 14.7 Å². The molecule has 2 aromatic heterocycles. The highest BCUT2D eigenvalue weighted by molar-refractivity contribution is 5.88. The van der Waals surface area contributed by atoms with Crippen molar-refractivity contribution < 1.29 is 9.90 Å². The minimum absolute atomic E-state index is 0.254. The summed E-state index contributed by atoms with van der Waals surface area (Å²) in [7, 11) is 1.84. The molecule has 2 heterocycles. The summed E-state index contributed by atoms with van der Waals surface area (Å²) in [4.78, 5) is 15.0. The van der Waals surface area contributed by atoms with Gasteiger partial charge in [-0.05, 0) is 19.2 Å². The van der Waals surface area contributed by atoms with Crippen LogP contribution in [-0.4, -0.2) is 27.5 Å². The van der Waals surface area contributed by atoms with Crippen LogP contribution in [0.15, 0.2) is 24.5 Å². The van der Waals surface area contributed by atoms with E-state index in [1.165, 1.54) is 0 Å². The normalized spacial score (nSPS) is 10.7. The Kier molecular flexibility index (Phi) is 2.39. The molecule has 0 unspecified atom stereocenters. The summed E-state index contributed by atoms with van der Waals surface area (Å²) in [5.41, 5.74) is 1.80. The number of hydrogen-bond donors (Lipinski definition) is 2. The van der Waals surface area contributed by atoms with Gasteiger partial charge in [0.2, 0.25) is 0 Å². The minimum Gasteiger partial charge on any atom is -0.478 e. The summed E-state index contributed by atoms with van der Waals surface area (Å²) < 4.78 is 1.80. The molecule has 0 fully saturated rings. The summed E-state index contributed by atoms with van der Waals surface area (Å²) in [6.45, 7) is 0.671. The number of nitrogens with zero attached hydrogens (tertiary/aromatic N) is 2. The molecule has 0 amide bonds. The number of fused-ring (bicyclic) bond motifs is 1. The summed E-state index contributed by atoms with van der Waals surface area (Å²) >= 11 is 0. The lowest BCUT2D eigenvalue weighted by Crippen LogP contribution is -2.04. The largest absolute Gasteiger partial charge is 0.478 e. The van der Waals surface area contributed by atoms with Crippen molar-refractivity contribution in [2.75, 3.05) is 7.05 Å². The Labute approximate surface area is 86.4 Å². The van der Waals surface area contributed by atoms with Crippen molar-refractivity contribution in [1.29, 1.82) is 0 Å². The number of hydrogen-bond acceptors (Lipinski definition) is 3. The number of rotatable bonds is 3. The average molecular weight is 205 g/mol. The monoisotopic (exact) mass is 205 g/mol. The van der Waals surface area contributed by atoms with Gasteiger partial charge >= 0.3 is 5.97 Å². The summed E-state index contributed by atoms with van der Waals surface area (Å²) in [5, 5.41) is 11.8. The van der Waals surface area contributed by atoms with Crippen molar-refractivity contribution in [3.63, 3.8) is 0 Å². The Hall–Kier alpha value is -1.88. The topological polar surface area (TPSA) is 66.6 Å². The molecule has 0 aromatic carbocycles. The third kappa shape index (κ3) is 1.82. The second-order valence-corrected chi connectivity index (χ2v) is 3.25. The van der Waals surface area contributed by atoms with Crippen LogP contribution in [0, 0.1) is 0 Å². The van der Waals surface area contributed by atoms with Crippen LogP contribution in [0.3, 0.4) is 0 Å². The quantitative estimate of drug-likeness (QED) is 0.776. The molecule has 0 spiro atoms. The Bertz CT molecular complexity index is 504. The first-order chi connectivity index (χ1) is 7.20. The molecule has 0 atom stereocenters. The fraction of sp³-hybridized carbons (Fsp3) is 0.200. The van der Waals surface area contributed by atoms with Crippen molar-refractivity contribution in [3.8, 4) is 0 Å². The van der Waals surface area contributed by atoms with Gasteiger partial charge in [-0.3, -0.25) is 0 Å². The van der Waals surface area contributed by atoms with Crippen LogP contribution < -0.4 is 5.32 Å². The SMILES string of the molecule is CNCc1cn2ccc(C(=O)O)cc2n1. The number of carboxylic acid groups (broad SMARTS) is 1. The van der Waals surface area contributed by atoms with E-state index in [0.29, 0.717) is 12.2 Å². The molecule has 78 valence electrons. The van der Waals surface area contributed by atoms with Gasteiger partial charge in [0.25, 0.3) is 0 Å². The molecule has 0 aliphatic carbocycles. The smallest absolute Gasteiger partial charge is 0.335 e. The average Bonchev–Trinajstić information content (AvgIpc) is 2.59. The van der Waals surface area contributed by atoms with E-state index in [1.54, 1.807) is 22.7 Å². The zero-order valence-electron chi connectivity index (χ0n) is 8.27. The molecule has 2 aromatic rings. The fourth-order valence-electron chi connectivity index (χ4n) is 1.43. The molecule has 0 aliphatic heterocycles. The van der Waals surface area contributed by atoms with E-state index in [-0.39, 0.29) is 5.56 Å². The first-order valence-electron chi connectivity index (χ1n) is 4.56. The minimum atomic E-state index is -0.935. The second kappa shape index (κ2) is 3.70. The van der Waals surface area contributed by atoms with E-state index in [4.69, 9.17) is 5.11 Å². The predicted molar refractivity (Wildman–Crippen MR) is 54.9 cm³/mol. The Morgan fingerprint density at radius 1 is 1.67 bits per heavy atom. The van der Waals surface area contributed by atoms with Gasteiger partial charge in [-0.15, -0.1) is 0 Å². The van der Waals surface area contributed by atoms with Crippen LogP contribution in [0.2, 0.25) is 0 Å². The molecule has 0 aliphatic rings. The molecular weight excluding hydrogens is 194 g/mol. The highest BCUT2D eigenvalue weighted by Gasteiger charge is 2.05. The number of aromatic nitrogens is 2. The number of carbonyl (C=O) groups is 1. The number of aromatic carboxylic acids is 1. The van der Waals surface area contributed by atoms with Crippen LogP contribution >= 0.6 is 0 Å². The molecule has 0 radical (unpaired) electrons. The van der Waals surface area contributed by atoms with E-state index in [0.717, 1.165) is 5.69 Å². The van der Waals surface area contributed by atoms with Crippen molar-refractivity contribution in [3.05, 3.63) is 35.8 Å². The van der Waals surface area contributed by atoms with Gasteiger partial charge in [0.1, 0.15) is 5.65 Å². The molecule has 2 N–H and O–H groups in total. The van der Waals surface area contributed by atoms with E-state index < -0.39 is 5.97 Å². The highest BCUT2D eigenvalue weighted by Crippen LogP contribution is 2.08. The van der Waals surface area contributed by atoms with Gasteiger partial charge in [-0.2, -0.15) is 0 Å². The van der Waals surface area contributed by atoms with Crippen molar-refractivity contribution >= 4 is 11.6 Å².